The SMILES string of the molecule is CCOc1cc(/C=C2\SC(=NCc3ccccc3)N(Cc3ccccc3)C2=O)ccc1O. The van der Waals surface area contributed by atoms with Crippen LogP contribution in [-0.4, -0.2) is 27.7 Å². The first-order valence-electron chi connectivity index (χ1n) is 10.4. The first-order chi connectivity index (χ1) is 15.6. The number of carbonyl (C=O) groups is 1. The maximum absolute atomic E-state index is 13.3. The molecule has 32 heavy (non-hydrogen) atoms. The summed E-state index contributed by atoms with van der Waals surface area (Å²) in [6, 6.07) is 25.0. The Morgan fingerprint density at radius 1 is 1.00 bits per heavy atom. The Morgan fingerprint density at radius 3 is 2.38 bits per heavy atom. The van der Waals surface area contributed by atoms with E-state index in [4.69, 9.17) is 9.73 Å². The molecule has 1 fully saturated rings. The van der Waals surface area contributed by atoms with Crippen LogP contribution in [0.1, 0.15) is 23.6 Å². The summed E-state index contributed by atoms with van der Waals surface area (Å²) in [4.78, 5) is 20.3. The van der Waals surface area contributed by atoms with E-state index in [-0.39, 0.29) is 11.7 Å². The molecular weight excluding hydrogens is 420 g/mol. The van der Waals surface area contributed by atoms with Gasteiger partial charge in [0.05, 0.1) is 24.6 Å². The Bertz CT molecular complexity index is 1140. The lowest BCUT2D eigenvalue weighted by Gasteiger charge is -2.15. The van der Waals surface area contributed by atoms with Gasteiger partial charge in [0, 0.05) is 0 Å². The highest BCUT2D eigenvalue weighted by atomic mass is 32.2. The number of phenols is 1. The van der Waals surface area contributed by atoms with Crippen LogP contribution in [0.2, 0.25) is 0 Å². The van der Waals surface area contributed by atoms with Crippen LogP contribution in [-0.2, 0) is 17.9 Å². The van der Waals surface area contributed by atoms with Crippen molar-refractivity contribution in [3.05, 3.63) is 100 Å². The van der Waals surface area contributed by atoms with Crippen molar-refractivity contribution in [2.45, 2.75) is 20.0 Å². The predicted molar refractivity (Wildman–Crippen MR) is 129 cm³/mol. The smallest absolute Gasteiger partial charge is 0.267 e. The first kappa shape index (κ1) is 21.7. The van der Waals surface area contributed by atoms with E-state index in [0.29, 0.717) is 35.5 Å². The Labute approximate surface area is 192 Å². The molecule has 162 valence electrons. The lowest BCUT2D eigenvalue weighted by Crippen LogP contribution is -2.28. The highest BCUT2D eigenvalue weighted by molar-refractivity contribution is 8.18. The molecule has 0 radical (unpaired) electrons. The zero-order valence-corrected chi connectivity index (χ0v) is 18.6. The first-order valence-corrected chi connectivity index (χ1v) is 11.2. The van der Waals surface area contributed by atoms with E-state index in [1.54, 1.807) is 23.1 Å². The number of phenolic OH excluding ortho intramolecular Hbond substituents is 1. The maximum Gasteiger partial charge on any atom is 0.267 e. The molecule has 5 nitrogen and oxygen atoms in total. The fourth-order valence-corrected chi connectivity index (χ4v) is 4.29. The second kappa shape index (κ2) is 10.2. The van der Waals surface area contributed by atoms with Crippen LogP contribution >= 0.6 is 11.8 Å². The van der Waals surface area contributed by atoms with Gasteiger partial charge in [-0.2, -0.15) is 0 Å². The molecule has 6 heteroatoms. The van der Waals surface area contributed by atoms with Crippen LogP contribution in [0.25, 0.3) is 6.08 Å². The zero-order valence-electron chi connectivity index (χ0n) is 17.8. The Morgan fingerprint density at radius 2 is 1.69 bits per heavy atom. The fourth-order valence-electron chi connectivity index (χ4n) is 3.32. The molecule has 0 unspecified atom stereocenters. The summed E-state index contributed by atoms with van der Waals surface area (Å²) in [6.45, 7) is 3.26. The molecule has 1 heterocycles. The predicted octanol–water partition coefficient (Wildman–Crippen LogP) is 5.46. The number of nitrogens with zero attached hydrogens (tertiary/aromatic N) is 2. The van der Waals surface area contributed by atoms with Crippen molar-refractivity contribution in [3.63, 3.8) is 0 Å². The third-order valence-corrected chi connectivity index (χ3v) is 5.94. The van der Waals surface area contributed by atoms with Crippen LogP contribution in [0, 0.1) is 0 Å². The van der Waals surface area contributed by atoms with Gasteiger partial charge >= 0.3 is 0 Å². The van der Waals surface area contributed by atoms with Crippen LogP contribution in [0.4, 0.5) is 0 Å². The zero-order chi connectivity index (χ0) is 22.3. The van der Waals surface area contributed by atoms with Crippen molar-refractivity contribution >= 4 is 28.9 Å². The van der Waals surface area contributed by atoms with Crippen molar-refractivity contribution < 1.29 is 14.6 Å². The maximum atomic E-state index is 13.3. The topological polar surface area (TPSA) is 62.1 Å². The molecule has 3 aromatic carbocycles. The van der Waals surface area contributed by atoms with Gasteiger partial charge in [0.2, 0.25) is 0 Å². The number of ether oxygens (including phenoxy) is 1. The minimum atomic E-state index is -0.0864. The largest absolute Gasteiger partial charge is 0.504 e. The normalized spacial score (nSPS) is 16.2. The number of amidine groups is 1. The highest BCUT2D eigenvalue weighted by Crippen LogP contribution is 2.35. The van der Waals surface area contributed by atoms with Gasteiger partial charge in [-0.1, -0.05) is 66.7 Å². The molecule has 3 aromatic rings. The molecule has 0 bridgehead atoms. The van der Waals surface area contributed by atoms with E-state index < -0.39 is 0 Å². The number of amides is 1. The molecule has 0 aromatic heterocycles. The monoisotopic (exact) mass is 444 g/mol. The van der Waals surface area contributed by atoms with E-state index >= 15 is 0 Å². The Kier molecular flexibility index (Phi) is 6.92. The van der Waals surface area contributed by atoms with Crippen molar-refractivity contribution in [2.24, 2.45) is 4.99 Å². The van der Waals surface area contributed by atoms with E-state index in [1.807, 2.05) is 73.7 Å². The molecule has 0 saturated carbocycles. The van der Waals surface area contributed by atoms with E-state index in [0.717, 1.165) is 16.7 Å². The molecule has 0 aliphatic carbocycles. The van der Waals surface area contributed by atoms with Crippen LogP contribution in [0.3, 0.4) is 0 Å². The summed E-state index contributed by atoms with van der Waals surface area (Å²) < 4.78 is 5.47. The number of hydrogen-bond donors (Lipinski definition) is 1. The average Bonchev–Trinajstić information content (AvgIpc) is 3.10. The molecule has 1 aliphatic rings. The number of rotatable bonds is 7. The van der Waals surface area contributed by atoms with Gasteiger partial charge in [0.1, 0.15) is 0 Å². The number of carbonyl (C=O) groups excluding carboxylic acids is 1. The van der Waals surface area contributed by atoms with Crippen LogP contribution in [0.5, 0.6) is 11.5 Å². The number of hydrogen-bond acceptors (Lipinski definition) is 5. The highest BCUT2D eigenvalue weighted by Gasteiger charge is 2.33. The van der Waals surface area contributed by atoms with Gasteiger partial charge in [-0.15, -0.1) is 0 Å². The van der Waals surface area contributed by atoms with Crippen molar-refractivity contribution in [1.29, 1.82) is 0 Å². The van der Waals surface area contributed by atoms with E-state index in [1.165, 1.54) is 11.8 Å². The van der Waals surface area contributed by atoms with Gasteiger partial charge in [0.15, 0.2) is 16.7 Å². The number of benzene rings is 3. The number of aliphatic imine (C=N–C) groups is 1. The molecule has 1 aliphatic heterocycles. The van der Waals surface area contributed by atoms with Crippen LogP contribution < -0.4 is 4.74 Å². The average molecular weight is 445 g/mol. The summed E-state index contributed by atoms with van der Waals surface area (Å²) in [7, 11) is 0. The summed E-state index contributed by atoms with van der Waals surface area (Å²) in [5.74, 6) is 0.392. The second-order valence-corrected chi connectivity index (χ2v) is 8.24. The summed E-state index contributed by atoms with van der Waals surface area (Å²) in [5, 5.41) is 10.6. The quantitative estimate of drug-likeness (QED) is 0.491. The van der Waals surface area contributed by atoms with Crippen molar-refractivity contribution in [1.82, 2.24) is 4.90 Å². The summed E-state index contributed by atoms with van der Waals surface area (Å²) >= 11 is 1.37. The van der Waals surface area contributed by atoms with Gasteiger partial charge in [0.25, 0.3) is 5.91 Å². The van der Waals surface area contributed by atoms with Crippen LogP contribution in [0.15, 0.2) is 88.8 Å². The summed E-state index contributed by atoms with van der Waals surface area (Å²) in [5.41, 5.74) is 2.91. The molecule has 0 atom stereocenters. The summed E-state index contributed by atoms with van der Waals surface area (Å²) in [6.07, 6.45) is 1.82. The second-order valence-electron chi connectivity index (χ2n) is 7.23. The van der Waals surface area contributed by atoms with E-state index in [2.05, 4.69) is 0 Å². The Hall–Kier alpha value is -3.51. The third-order valence-electron chi connectivity index (χ3n) is 4.89. The molecule has 1 saturated heterocycles. The number of thioether (sulfide) groups is 1. The minimum absolute atomic E-state index is 0.0789. The fraction of sp³-hybridized carbons (Fsp3) is 0.154. The molecule has 4 rings (SSSR count). The minimum Gasteiger partial charge on any atom is -0.504 e. The standard InChI is InChI=1S/C26H24N2O3S/c1-2-31-23-15-21(13-14-22(23)29)16-24-25(30)28(18-20-11-7-4-8-12-20)26(32-24)27-17-19-9-5-3-6-10-19/h3-16,29H,2,17-18H2,1H3/b24-16-,27-26?. The molecule has 0 spiro atoms. The van der Waals surface area contributed by atoms with Crippen molar-refractivity contribution in [2.75, 3.05) is 6.61 Å². The van der Waals surface area contributed by atoms with E-state index in [9.17, 15) is 9.90 Å². The van der Waals surface area contributed by atoms with Crippen molar-refractivity contribution in [3.8, 4) is 11.5 Å². The lowest BCUT2D eigenvalue weighted by atomic mass is 10.1. The third kappa shape index (κ3) is 5.21. The van der Waals surface area contributed by atoms with Gasteiger partial charge in [-0.3, -0.25) is 14.7 Å². The Balaban J connectivity index is 1.63. The van der Waals surface area contributed by atoms with Gasteiger partial charge in [-0.05, 0) is 53.6 Å². The van der Waals surface area contributed by atoms with Gasteiger partial charge < -0.3 is 9.84 Å². The lowest BCUT2D eigenvalue weighted by molar-refractivity contribution is -0.122. The number of aromatic hydroxyl groups is 1. The molecule has 1 amide bonds. The molecule has 1 N–H and O–H groups in total. The van der Waals surface area contributed by atoms with Gasteiger partial charge in [-0.25, -0.2) is 0 Å². The molecular formula is C26H24N2O3S.